The van der Waals surface area contributed by atoms with Crippen LogP contribution in [0.5, 0.6) is 0 Å². The molecule has 0 amide bonds. The van der Waals surface area contributed by atoms with Crippen LogP contribution < -0.4 is 5.53 Å². The summed E-state index contributed by atoms with van der Waals surface area (Å²) in [6, 6.07) is 11.7. The van der Waals surface area contributed by atoms with Crippen molar-refractivity contribution in [1.82, 2.24) is 5.53 Å². The van der Waals surface area contributed by atoms with Crippen molar-refractivity contribution in [1.29, 1.82) is 0 Å². The van der Waals surface area contributed by atoms with Gasteiger partial charge in [0.15, 0.2) is 0 Å². The summed E-state index contributed by atoms with van der Waals surface area (Å²) in [6.45, 7) is 3.94. The predicted molar refractivity (Wildman–Crippen MR) is 75.7 cm³/mol. The van der Waals surface area contributed by atoms with Crippen LogP contribution in [0, 0.1) is 13.8 Å². The lowest BCUT2D eigenvalue weighted by Crippen LogP contribution is -1.84. The Balaban J connectivity index is 2.32. The van der Waals surface area contributed by atoms with Gasteiger partial charge in [-0.05, 0) is 66.9 Å². The minimum atomic E-state index is 0.618. The number of rotatable bonds is 3. The predicted octanol–water partition coefficient (Wildman–Crippen LogP) is 4.99. The van der Waals surface area contributed by atoms with Gasteiger partial charge in [0.25, 0.3) is 0 Å². The fourth-order valence-electron chi connectivity index (χ4n) is 1.62. The summed E-state index contributed by atoms with van der Waals surface area (Å²) in [4.78, 5) is 2.29. The van der Waals surface area contributed by atoms with Gasteiger partial charge in [-0.25, -0.2) is 0 Å². The van der Waals surface area contributed by atoms with Gasteiger partial charge in [-0.1, -0.05) is 23.4 Å². The summed E-state index contributed by atoms with van der Waals surface area (Å²) in [5, 5.41) is 4.00. The zero-order valence-corrected chi connectivity index (χ0v) is 11.7. The standard InChI is InChI=1S/C14H12ClN2S/c1-9-8-14(10(2)7-13(9)17-16)18-12-5-3-11(15)4-6-12/h3-8H,1-2H3. The van der Waals surface area contributed by atoms with E-state index in [-0.39, 0.29) is 0 Å². The number of hydrogen-bond donors (Lipinski definition) is 0. The van der Waals surface area contributed by atoms with E-state index in [1.165, 1.54) is 0 Å². The Kier molecular flexibility index (Phi) is 4.04. The lowest BCUT2D eigenvalue weighted by Gasteiger charge is -2.08. The van der Waals surface area contributed by atoms with Crippen LogP contribution >= 0.6 is 23.4 Å². The van der Waals surface area contributed by atoms with Gasteiger partial charge in [-0.15, -0.1) is 5.11 Å². The molecule has 0 atom stereocenters. The maximum absolute atomic E-state index is 8.86. The van der Waals surface area contributed by atoms with Gasteiger partial charge in [0.05, 0.1) is 5.69 Å². The molecule has 0 aliphatic rings. The average molecular weight is 276 g/mol. The van der Waals surface area contributed by atoms with Crippen LogP contribution in [-0.2, 0) is 0 Å². The molecule has 2 aromatic carbocycles. The van der Waals surface area contributed by atoms with Gasteiger partial charge in [-0.3, -0.25) is 0 Å². The third-order valence-electron chi connectivity index (χ3n) is 2.64. The number of halogens is 1. The van der Waals surface area contributed by atoms with E-state index in [1.807, 2.05) is 50.2 Å². The normalized spacial score (nSPS) is 10.4. The number of aryl methyl sites for hydroxylation is 2. The highest BCUT2D eigenvalue weighted by Gasteiger charge is 2.06. The van der Waals surface area contributed by atoms with Crippen LogP contribution in [0.3, 0.4) is 0 Å². The summed E-state index contributed by atoms with van der Waals surface area (Å²) in [5.74, 6) is 0. The second-order valence-electron chi connectivity index (χ2n) is 4.06. The van der Waals surface area contributed by atoms with Gasteiger partial charge in [0, 0.05) is 14.8 Å². The van der Waals surface area contributed by atoms with Gasteiger partial charge in [-0.2, -0.15) is 0 Å². The molecule has 2 aromatic rings. The molecule has 0 aliphatic carbocycles. The van der Waals surface area contributed by atoms with Crippen molar-refractivity contribution in [2.24, 2.45) is 5.11 Å². The molecule has 0 spiro atoms. The number of hydrogen-bond acceptors (Lipinski definition) is 2. The molecule has 1 radical (unpaired) electrons. The van der Waals surface area contributed by atoms with E-state index in [2.05, 4.69) is 5.11 Å². The first-order valence-corrected chi connectivity index (χ1v) is 6.69. The van der Waals surface area contributed by atoms with E-state index in [9.17, 15) is 0 Å². The molecule has 0 aromatic heterocycles. The van der Waals surface area contributed by atoms with Crippen molar-refractivity contribution < 1.29 is 0 Å². The third kappa shape index (κ3) is 2.92. The first-order valence-electron chi connectivity index (χ1n) is 5.50. The summed E-state index contributed by atoms with van der Waals surface area (Å²) < 4.78 is 0. The molecular formula is C14H12ClN2S. The van der Waals surface area contributed by atoms with E-state index in [1.54, 1.807) is 11.8 Å². The van der Waals surface area contributed by atoms with Crippen LogP contribution in [0.4, 0.5) is 5.69 Å². The molecule has 0 saturated carbocycles. The molecule has 0 unspecified atom stereocenters. The molecule has 0 saturated heterocycles. The summed E-state index contributed by atoms with van der Waals surface area (Å²) in [5.41, 5.74) is 11.5. The fourth-order valence-corrected chi connectivity index (χ4v) is 2.73. The summed E-state index contributed by atoms with van der Waals surface area (Å²) in [7, 11) is 0. The Bertz CT molecular complexity index is 579. The molecule has 18 heavy (non-hydrogen) atoms. The SMILES string of the molecule is Cc1cc(Sc2ccc(Cl)cc2)c(C)cc1N=[N]. The molecule has 2 nitrogen and oxygen atoms in total. The van der Waals surface area contributed by atoms with Crippen molar-refractivity contribution in [3.05, 3.63) is 52.5 Å². The highest BCUT2D eigenvalue weighted by molar-refractivity contribution is 7.99. The highest BCUT2D eigenvalue weighted by Crippen LogP contribution is 2.34. The Morgan fingerprint density at radius 1 is 1.06 bits per heavy atom. The third-order valence-corrected chi connectivity index (χ3v) is 4.06. The van der Waals surface area contributed by atoms with Crippen LogP contribution in [0.15, 0.2) is 51.3 Å². The van der Waals surface area contributed by atoms with Crippen molar-refractivity contribution in [2.75, 3.05) is 0 Å². The van der Waals surface area contributed by atoms with Crippen molar-refractivity contribution in [3.63, 3.8) is 0 Å². The van der Waals surface area contributed by atoms with Gasteiger partial charge >= 0.3 is 0 Å². The molecule has 0 aliphatic heterocycles. The average Bonchev–Trinajstić information content (AvgIpc) is 2.36. The lowest BCUT2D eigenvalue weighted by atomic mass is 10.1. The summed E-state index contributed by atoms with van der Waals surface area (Å²) in [6.07, 6.45) is 0. The van der Waals surface area contributed by atoms with E-state index in [4.69, 9.17) is 17.1 Å². The van der Waals surface area contributed by atoms with Crippen molar-refractivity contribution in [3.8, 4) is 0 Å². The van der Waals surface area contributed by atoms with E-state index >= 15 is 0 Å². The van der Waals surface area contributed by atoms with Crippen molar-refractivity contribution in [2.45, 2.75) is 23.6 Å². The second kappa shape index (κ2) is 5.55. The topological polar surface area (TPSA) is 34.7 Å². The van der Waals surface area contributed by atoms with Crippen LogP contribution in [0.1, 0.15) is 11.1 Å². The van der Waals surface area contributed by atoms with Crippen LogP contribution in [-0.4, -0.2) is 0 Å². The fraction of sp³-hybridized carbons (Fsp3) is 0.143. The quantitative estimate of drug-likeness (QED) is 0.727. The highest BCUT2D eigenvalue weighted by atomic mass is 35.5. The first-order chi connectivity index (χ1) is 8.60. The zero-order chi connectivity index (χ0) is 13.1. The van der Waals surface area contributed by atoms with Crippen molar-refractivity contribution >= 4 is 29.1 Å². The summed E-state index contributed by atoms with van der Waals surface area (Å²) >= 11 is 7.54. The molecule has 0 N–H and O–H groups in total. The Morgan fingerprint density at radius 2 is 1.72 bits per heavy atom. The molecule has 91 valence electrons. The van der Waals surface area contributed by atoms with E-state index in [0.29, 0.717) is 5.69 Å². The van der Waals surface area contributed by atoms with E-state index < -0.39 is 0 Å². The molecule has 0 heterocycles. The number of nitrogens with zero attached hydrogens (tertiary/aromatic N) is 2. The molecule has 0 bridgehead atoms. The minimum Gasteiger partial charge on any atom is -0.129 e. The Hall–Kier alpha value is -1.32. The largest absolute Gasteiger partial charge is 0.129 e. The molecule has 0 fully saturated rings. The van der Waals surface area contributed by atoms with Crippen LogP contribution in [0.2, 0.25) is 5.02 Å². The van der Waals surface area contributed by atoms with Gasteiger partial charge in [0.2, 0.25) is 0 Å². The monoisotopic (exact) mass is 275 g/mol. The minimum absolute atomic E-state index is 0.618. The van der Waals surface area contributed by atoms with Crippen LogP contribution in [0.25, 0.3) is 0 Å². The second-order valence-corrected chi connectivity index (χ2v) is 5.61. The van der Waals surface area contributed by atoms with Gasteiger partial charge in [0.1, 0.15) is 0 Å². The first kappa shape index (κ1) is 13.1. The Morgan fingerprint density at radius 3 is 2.33 bits per heavy atom. The van der Waals surface area contributed by atoms with E-state index in [0.717, 1.165) is 25.9 Å². The number of benzene rings is 2. The zero-order valence-electron chi connectivity index (χ0n) is 10.1. The van der Waals surface area contributed by atoms with Gasteiger partial charge < -0.3 is 0 Å². The molecule has 2 rings (SSSR count). The molecular weight excluding hydrogens is 264 g/mol. The maximum Gasteiger partial charge on any atom is 0.0908 e. The smallest absolute Gasteiger partial charge is 0.0908 e. The maximum atomic E-state index is 8.86. The Labute approximate surface area is 116 Å². The molecule has 4 heteroatoms. The lowest BCUT2D eigenvalue weighted by molar-refractivity contribution is 1.20.